The van der Waals surface area contributed by atoms with E-state index in [1.54, 1.807) is 7.11 Å². The van der Waals surface area contributed by atoms with Gasteiger partial charge in [0.25, 0.3) is 0 Å². The fourth-order valence-corrected chi connectivity index (χ4v) is 2.94. The number of aliphatic hydroxyl groups is 1. The molecule has 0 saturated heterocycles. The van der Waals surface area contributed by atoms with Gasteiger partial charge >= 0.3 is 0 Å². The average molecular weight is 263 g/mol. The van der Waals surface area contributed by atoms with Crippen LogP contribution in [0.5, 0.6) is 5.75 Å². The number of ether oxygens (including phenoxy) is 1. The Hall–Kier alpha value is -1.22. The maximum absolute atomic E-state index is 9.73. The average Bonchev–Trinajstić information content (AvgIpc) is 2.46. The summed E-state index contributed by atoms with van der Waals surface area (Å²) in [6.07, 6.45) is 5.99. The SMILES string of the molecule is COc1ccc(C)cc1NCC1(CO)CCCCC1. The minimum Gasteiger partial charge on any atom is -0.495 e. The van der Waals surface area contributed by atoms with Gasteiger partial charge in [0.15, 0.2) is 0 Å². The van der Waals surface area contributed by atoms with Crippen LogP contribution in [0.4, 0.5) is 5.69 Å². The zero-order valence-corrected chi connectivity index (χ0v) is 12.0. The van der Waals surface area contributed by atoms with Gasteiger partial charge in [0.2, 0.25) is 0 Å². The molecule has 1 saturated carbocycles. The fourth-order valence-electron chi connectivity index (χ4n) is 2.94. The van der Waals surface area contributed by atoms with Gasteiger partial charge in [-0.3, -0.25) is 0 Å². The minimum atomic E-state index is 0.0486. The lowest BCUT2D eigenvalue weighted by Gasteiger charge is -2.36. The van der Waals surface area contributed by atoms with Crippen molar-refractivity contribution in [3.63, 3.8) is 0 Å². The Morgan fingerprint density at radius 1 is 1.26 bits per heavy atom. The van der Waals surface area contributed by atoms with E-state index < -0.39 is 0 Å². The van der Waals surface area contributed by atoms with E-state index in [1.165, 1.54) is 24.8 Å². The molecule has 0 radical (unpaired) electrons. The first-order chi connectivity index (χ1) is 9.19. The molecule has 0 heterocycles. The van der Waals surface area contributed by atoms with Crippen molar-refractivity contribution in [1.82, 2.24) is 0 Å². The highest BCUT2D eigenvalue weighted by atomic mass is 16.5. The molecule has 1 aliphatic carbocycles. The molecular formula is C16H25NO2. The number of nitrogens with one attached hydrogen (secondary N) is 1. The molecule has 0 spiro atoms. The van der Waals surface area contributed by atoms with Crippen LogP contribution < -0.4 is 10.1 Å². The van der Waals surface area contributed by atoms with E-state index in [9.17, 15) is 5.11 Å². The largest absolute Gasteiger partial charge is 0.495 e. The van der Waals surface area contributed by atoms with E-state index >= 15 is 0 Å². The van der Waals surface area contributed by atoms with Gasteiger partial charge in [-0.2, -0.15) is 0 Å². The third-order valence-electron chi connectivity index (χ3n) is 4.26. The van der Waals surface area contributed by atoms with Gasteiger partial charge in [0.1, 0.15) is 5.75 Å². The van der Waals surface area contributed by atoms with E-state index in [1.807, 2.05) is 12.1 Å². The predicted molar refractivity (Wildman–Crippen MR) is 78.8 cm³/mol. The van der Waals surface area contributed by atoms with Crippen LogP contribution in [0.3, 0.4) is 0 Å². The molecule has 19 heavy (non-hydrogen) atoms. The topological polar surface area (TPSA) is 41.5 Å². The van der Waals surface area contributed by atoms with Crippen molar-refractivity contribution in [2.75, 3.05) is 25.6 Å². The number of methoxy groups -OCH3 is 1. The first kappa shape index (κ1) is 14.2. The van der Waals surface area contributed by atoms with Crippen molar-refractivity contribution in [2.24, 2.45) is 5.41 Å². The van der Waals surface area contributed by atoms with Crippen molar-refractivity contribution in [1.29, 1.82) is 0 Å². The van der Waals surface area contributed by atoms with Crippen LogP contribution in [-0.4, -0.2) is 25.4 Å². The molecule has 0 atom stereocenters. The first-order valence-electron chi connectivity index (χ1n) is 7.18. The van der Waals surface area contributed by atoms with Gasteiger partial charge in [-0.25, -0.2) is 0 Å². The fraction of sp³-hybridized carbons (Fsp3) is 0.625. The van der Waals surface area contributed by atoms with Gasteiger partial charge in [-0.1, -0.05) is 25.3 Å². The molecule has 2 N–H and O–H groups in total. The quantitative estimate of drug-likeness (QED) is 0.856. The molecule has 1 aromatic rings. The third kappa shape index (κ3) is 3.41. The van der Waals surface area contributed by atoms with Gasteiger partial charge in [0, 0.05) is 12.0 Å². The van der Waals surface area contributed by atoms with E-state index in [0.717, 1.165) is 30.8 Å². The molecule has 2 rings (SSSR count). The van der Waals surface area contributed by atoms with Crippen molar-refractivity contribution in [3.05, 3.63) is 23.8 Å². The van der Waals surface area contributed by atoms with Crippen LogP contribution in [0.1, 0.15) is 37.7 Å². The van der Waals surface area contributed by atoms with Crippen LogP contribution in [-0.2, 0) is 0 Å². The second-order valence-electron chi connectivity index (χ2n) is 5.78. The Bertz CT molecular complexity index is 411. The Morgan fingerprint density at radius 2 is 2.00 bits per heavy atom. The van der Waals surface area contributed by atoms with Crippen LogP contribution in [0.2, 0.25) is 0 Å². The summed E-state index contributed by atoms with van der Waals surface area (Å²) in [6, 6.07) is 6.14. The maximum atomic E-state index is 9.73. The van der Waals surface area contributed by atoms with E-state index in [-0.39, 0.29) is 12.0 Å². The summed E-state index contributed by atoms with van der Waals surface area (Å²) in [5.41, 5.74) is 2.29. The second kappa shape index (κ2) is 6.29. The number of hydrogen-bond donors (Lipinski definition) is 2. The van der Waals surface area contributed by atoms with Crippen molar-refractivity contribution < 1.29 is 9.84 Å². The number of benzene rings is 1. The molecule has 0 bridgehead atoms. The van der Waals surface area contributed by atoms with E-state index in [4.69, 9.17) is 4.74 Å². The third-order valence-corrected chi connectivity index (χ3v) is 4.26. The zero-order chi connectivity index (χ0) is 13.7. The predicted octanol–water partition coefficient (Wildman–Crippen LogP) is 3.36. The van der Waals surface area contributed by atoms with E-state index in [2.05, 4.69) is 18.3 Å². The van der Waals surface area contributed by atoms with Crippen molar-refractivity contribution >= 4 is 5.69 Å². The number of rotatable bonds is 5. The minimum absolute atomic E-state index is 0.0486. The Labute approximate surface area is 116 Å². The lowest BCUT2D eigenvalue weighted by atomic mass is 9.74. The van der Waals surface area contributed by atoms with Crippen LogP contribution in [0.25, 0.3) is 0 Å². The summed E-state index contributed by atoms with van der Waals surface area (Å²) in [6.45, 7) is 3.17. The zero-order valence-electron chi connectivity index (χ0n) is 12.0. The molecular weight excluding hydrogens is 238 g/mol. The first-order valence-corrected chi connectivity index (χ1v) is 7.18. The number of anilines is 1. The molecule has 1 aliphatic rings. The standard InChI is InChI=1S/C16H25NO2/c1-13-6-7-15(19-2)14(10-13)17-11-16(12-18)8-4-3-5-9-16/h6-7,10,17-18H,3-5,8-9,11-12H2,1-2H3. The maximum Gasteiger partial charge on any atom is 0.141 e. The highest BCUT2D eigenvalue weighted by molar-refractivity contribution is 5.58. The highest BCUT2D eigenvalue weighted by Crippen LogP contribution is 2.37. The number of hydrogen-bond acceptors (Lipinski definition) is 3. The normalized spacial score (nSPS) is 18.1. The Balaban J connectivity index is 2.06. The summed E-state index contributed by atoms with van der Waals surface area (Å²) in [4.78, 5) is 0. The van der Waals surface area contributed by atoms with Gasteiger partial charge in [-0.05, 0) is 37.5 Å². The summed E-state index contributed by atoms with van der Waals surface area (Å²) in [5, 5.41) is 13.2. The van der Waals surface area contributed by atoms with Gasteiger partial charge < -0.3 is 15.2 Å². The lowest BCUT2D eigenvalue weighted by molar-refractivity contribution is 0.0943. The summed E-state index contributed by atoms with van der Waals surface area (Å²) in [7, 11) is 1.69. The molecule has 1 aromatic carbocycles. The molecule has 0 unspecified atom stereocenters. The van der Waals surface area contributed by atoms with E-state index in [0.29, 0.717) is 0 Å². The van der Waals surface area contributed by atoms with Crippen LogP contribution >= 0.6 is 0 Å². The second-order valence-corrected chi connectivity index (χ2v) is 5.78. The summed E-state index contributed by atoms with van der Waals surface area (Å²) in [5.74, 6) is 0.870. The van der Waals surface area contributed by atoms with Crippen molar-refractivity contribution in [2.45, 2.75) is 39.0 Å². The highest BCUT2D eigenvalue weighted by Gasteiger charge is 2.31. The molecule has 1 fully saturated rings. The number of aryl methyl sites for hydroxylation is 1. The number of aliphatic hydroxyl groups excluding tert-OH is 1. The van der Waals surface area contributed by atoms with Gasteiger partial charge in [-0.15, -0.1) is 0 Å². The molecule has 106 valence electrons. The molecule has 0 aliphatic heterocycles. The van der Waals surface area contributed by atoms with Crippen LogP contribution in [0, 0.1) is 12.3 Å². The monoisotopic (exact) mass is 263 g/mol. The summed E-state index contributed by atoms with van der Waals surface area (Å²) >= 11 is 0. The smallest absolute Gasteiger partial charge is 0.141 e. The van der Waals surface area contributed by atoms with Crippen molar-refractivity contribution in [3.8, 4) is 5.75 Å². The molecule has 0 amide bonds. The lowest BCUT2D eigenvalue weighted by Crippen LogP contribution is -2.35. The molecule has 3 nitrogen and oxygen atoms in total. The Kier molecular flexibility index (Phi) is 4.70. The van der Waals surface area contributed by atoms with Gasteiger partial charge in [0.05, 0.1) is 19.4 Å². The Morgan fingerprint density at radius 3 is 2.63 bits per heavy atom. The molecule has 0 aromatic heterocycles. The summed E-state index contributed by atoms with van der Waals surface area (Å²) < 4.78 is 5.38. The van der Waals surface area contributed by atoms with Crippen LogP contribution in [0.15, 0.2) is 18.2 Å². The molecule has 3 heteroatoms.